The first-order chi connectivity index (χ1) is 8.68. The molecule has 0 radical (unpaired) electrons. The van der Waals surface area contributed by atoms with Gasteiger partial charge in [0.1, 0.15) is 0 Å². The lowest BCUT2D eigenvalue weighted by molar-refractivity contribution is -0.155. The Bertz CT molecular complexity index is 361. The Morgan fingerprint density at radius 3 is 2.78 bits per heavy atom. The van der Waals surface area contributed by atoms with Crippen molar-refractivity contribution in [2.75, 3.05) is 13.2 Å². The van der Waals surface area contributed by atoms with Gasteiger partial charge in [0.25, 0.3) is 0 Å². The van der Waals surface area contributed by atoms with Crippen LogP contribution < -0.4 is 5.73 Å². The molecule has 1 atom stereocenters. The van der Waals surface area contributed by atoms with Gasteiger partial charge in [0.05, 0.1) is 12.0 Å². The number of carbonyl (C=O) groups excluding carboxylic acids is 1. The van der Waals surface area contributed by atoms with E-state index in [9.17, 15) is 4.79 Å². The Morgan fingerprint density at radius 2 is 2.28 bits per heavy atom. The summed E-state index contributed by atoms with van der Waals surface area (Å²) in [7, 11) is 0. The van der Waals surface area contributed by atoms with Crippen molar-refractivity contribution >= 4 is 5.97 Å². The summed E-state index contributed by atoms with van der Waals surface area (Å²) < 4.78 is 5.14. The van der Waals surface area contributed by atoms with E-state index in [-0.39, 0.29) is 5.97 Å². The van der Waals surface area contributed by atoms with Gasteiger partial charge in [0.2, 0.25) is 0 Å². The molecule has 0 aromatic carbocycles. The van der Waals surface area contributed by atoms with Gasteiger partial charge in [-0.25, -0.2) is 0 Å². The van der Waals surface area contributed by atoms with E-state index < -0.39 is 5.41 Å². The van der Waals surface area contributed by atoms with Crippen LogP contribution in [0.15, 0.2) is 24.5 Å². The van der Waals surface area contributed by atoms with Gasteiger partial charge >= 0.3 is 5.97 Å². The van der Waals surface area contributed by atoms with Crippen molar-refractivity contribution in [2.24, 2.45) is 11.1 Å². The monoisotopic (exact) mass is 250 g/mol. The molecule has 0 fully saturated rings. The van der Waals surface area contributed by atoms with Crippen molar-refractivity contribution in [1.29, 1.82) is 0 Å². The predicted octanol–water partition coefficient (Wildman–Crippen LogP) is 1.93. The fourth-order valence-electron chi connectivity index (χ4n) is 1.97. The van der Waals surface area contributed by atoms with Crippen LogP contribution >= 0.6 is 0 Å². The molecule has 0 aliphatic heterocycles. The van der Waals surface area contributed by atoms with Crippen LogP contribution in [-0.2, 0) is 16.0 Å². The van der Waals surface area contributed by atoms with E-state index >= 15 is 0 Å². The van der Waals surface area contributed by atoms with Crippen molar-refractivity contribution in [2.45, 2.75) is 33.1 Å². The largest absolute Gasteiger partial charge is 0.466 e. The normalized spacial score (nSPS) is 13.9. The molecular weight excluding hydrogens is 228 g/mol. The number of carbonyl (C=O) groups is 1. The second-order valence-corrected chi connectivity index (χ2v) is 4.42. The van der Waals surface area contributed by atoms with Crippen molar-refractivity contribution in [3.05, 3.63) is 30.1 Å². The first-order valence-corrected chi connectivity index (χ1v) is 6.44. The zero-order valence-corrected chi connectivity index (χ0v) is 11.2. The summed E-state index contributed by atoms with van der Waals surface area (Å²) in [6, 6.07) is 3.91. The minimum Gasteiger partial charge on any atom is -0.466 e. The molecule has 1 unspecified atom stereocenters. The fourth-order valence-corrected chi connectivity index (χ4v) is 1.97. The second kappa shape index (κ2) is 7.11. The molecule has 1 aromatic heterocycles. The second-order valence-electron chi connectivity index (χ2n) is 4.42. The van der Waals surface area contributed by atoms with Gasteiger partial charge < -0.3 is 10.5 Å². The predicted molar refractivity (Wildman–Crippen MR) is 71.0 cm³/mol. The molecule has 0 saturated heterocycles. The number of aromatic nitrogens is 1. The van der Waals surface area contributed by atoms with Crippen LogP contribution in [0.1, 0.15) is 32.3 Å². The van der Waals surface area contributed by atoms with Gasteiger partial charge in [-0.15, -0.1) is 0 Å². The number of nitrogens with zero attached hydrogens (tertiary/aromatic N) is 1. The van der Waals surface area contributed by atoms with Crippen LogP contribution in [-0.4, -0.2) is 24.1 Å². The molecule has 0 aliphatic rings. The molecule has 1 aromatic rings. The molecule has 100 valence electrons. The highest BCUT2D eigenvalue weighted by molar-refractivity contribution is 5.77. The van der Waals surface area contributed by atoms with E-state index in [1.165, 1.54) is 0 Å². The number of pyridine rings is 1. The number of esters is 1. The zero-order chi connectivity index (χ0) is 13.4. The summed E-state index contributed by atoms with van der Waals surface area (Å²) in [6.45, 7) is 4.51. The minimum absolute atomic E-state index is 0.182. The summed E-state index contributed by atoms with van der Waals surface area (Å²) in [4.78, 5) is 16.1. The van der Waals surface area contributed by atoms with Crippen LogP contribution in [0.5, 0.6) is 0 Å². The van der Waals surface area contributed by atoms with Crippen molar-refractivity contribution in [1.82, 2.24) is 4.98 Å². The number of hydrogen-bond acceptors (Lipinski definition) is 4. The molecule has 0 spiro atoms. The average molecular weight is 250 g/mol. The maximum atomic E-state index is 12.0. The lowest BCUT2D eigenvalue weighted by atomic mass is 9.80. The third-order valence-corrected chi connectivity index (χ3v) is 3.39. The van der Waals surface area contributed by atoms with Crippen LogP contribution in [0.25, 0.3) is 0 Å². The number of ether oxygens (including phenoxy) is 1. The molecule has 1 rings (SSSR count). The van der Waals surface area contributed by atoms with E-state index in [4.69, 9.17) is 10.5 Å². The van der Waals surface area contributed by atoms with Crippen LogP contribution in [0.2, 0.25) is 0 Å². The molecule has 0 aliphatic carbocycles. The summed E-state index contributed by atoms with van der Waals surface area (Å²) in [6.07, 6.45) is 5.75. The summed E-state index contributed by atoms with van der Waals surface area (Å²) in [5, 5.41) is 0. The van der Waals surface area contributed by atoms with Crippen LogP contribution in [0, 0.1) is 5.41 Å². The quantitative estimate of drug-likeness (QED) is 0.751. The van der Waals surface area contributed by atoms with Crippen molar-refractivity contribution < 1.29 is 9.53 Å². The van der Waals surface area contributed by atoms with Gasteiger partial charge in [-0.05, 0) is 37.8 Å². The topological polar surface area (TPSA) is 65.2 Å². The Balaban J connectivity index is 2.71. The Kier molecular flexibility index (Phi) is 5.78. The molecule has 4 nitrogen and oxygen atoms in total. The Labute approximate surface area is 109 Å². The highest BCUT2D eigenvalue weighted by Gasteiger charge is 2.36. The first kappa shape index (κ1) is 14.6. The van der Waals surface area contributed by atoms with Gasteiger partial charge in [-0.2, -0.15) is 0 Å². The summed E-state index contributed by atoms with van der Waals surface area (Å²) in [5.41, 5.74) is 6.35. The number of nitrogens with two attached hydrogens (primary N) is 1. The van der Waals surface area contributed by atoms with Gasteiger partial charge in [-0.3, -0.25) is 9.78 Å². The number of rotatable bonds is 7. The number of aryl methyl sites for hydroxylation is 1. The van der Waals surface area contributed by atoms with Crippen molar-refractivity contribution in [3.8, 4) is 0 Å². The van der Waals surface area contributed by atoms with E-state index in [1.54, 1.807) is 6.20 Å². The third kappa shape index (κ3) is 3.53. The summed E-state index contributed by atoms with van der Waals surface area (Å²) in [5.74, 6) is -0.182. The van der Waals surface area contributed by atoms with Gasteiger partial charge in [0.15, 0.2) is 0 Å². The molecule has 0 amide bonds. The highest BCUT2D eigenvalue weighted by atomic mass is 16.5. The molecule has 18 heavy (non-hydrogen) atoms. The third-order valence-electron chi connectivity index (χ3n) is 3.39. The van der Waals surface area contributed by atoms with Crippen LogP contribution in [0.3, 0.4) is 0 Å². The van der Waals surface area contributed by atoms with E-state index in [0.29, 0.717) is 26.0 Å². The minimum atomic E-state index is -0.564. The first-order valence-electron chi connectivity index (χ1n) is 6.44. The van der Waals surface area contributed by atoms with E-state index in [2.05, 4.69) is 4.98 Å². The van der Waals surface area contributed by atoms with Crippen LogP contribution in [0.4, 0.5) is 0 Å². The lowest BCUT2D eigenvalue weighted by Crippen LogP contribution is -2.40. The zero-order valence-electron chi connectivity index (χ0n) is 11.2. The molecule has 0 saturated carbocycles. The van der Waals surface area contributed by atoms with Crippen molar-refractivity contribution in [3.63, 3.8) is 0 Å². The Hall–Kier alpha value is -1.42. The smallest absolute Gasteiger partial charge is 0.313 e. The van der Waals surface area contributed by atoms with E-state index in [0.717, 1.165) is 12.0 Å². The van der Waals surface area contributed by atoms with Gasteiger partial charge in [0, 0.05) is 18.9 Å². The molecule has 1 heterocycles. The maximum Gasteiger partial charge on any atom is 0.313 e. The standard InChI is InChI=1S/C14H22N2O2/c1-3-14(11-15,13(17)18-4-2)8-7-12-6-5-9-16-10-12/h5-6,9-10H,3-4,7-8,11,15H2,1-2H3. The fraction of sp³-hybridized carbons (Fsp3) is 0.571. The number of hydrogen-bond donors (Lipinski definition) is 1. The van der Waals surface area contributed by atoms with E-state index in [1.807, 2.05) is 32.2 Å². The molecular formula is C14H22N2O2. The maximum absolute atomic E-state index is 12.0. The molecule has 0 bridgehead atoms. The average Bonchev–Trinajstić information content (AvgIpc) is 2.42. The SMILES string of the molecule is CCOC(=O)C(CC)(CN)CCc1cccnc1. The Morgan fingerprint density at radius 1 is 1.50 bits per heavy atom. The molecule has 2 N–H and O–H groups in total. The lowest BCUT2D eigenvalue weighted by Gasteiger charge is -2.28. The molecule has 4 heteroatoms. The summed E-state index contributed by atoms with van der Waals surface area (Å²) >= 11 is 0. The highest BCUT2D eigenvalue weighted by Crippen LogP contribution is 2.28. The van der Waals surface area contributed by atoms with Gasteiger partial charge in [-0.1, -0.05) is 13.0 Å².